The van der Waals surface area contributed by atoms with Crippen molar-refractivity contribution in [2.24, 2.45) is 0 Å². The number of carbonyl (C=O) groups is 2. The molecule has 0 fully saturated rings. The molecule has 0 aliphatic heterocycles. The first kappa shape index (κ1) is 22.2. The van der Waals surface area contributed by atoms with Gasteiger partial charge in [0, 0.05) is 0 Å². The van der Waals surface area contributed by atoms with Crippen LogP contribution in [-0.4, -0.2) is 39.1 Å². The second kappa shape index (κ2) is 9.92. The summed E-state index contributed by atoms with van der Waals surface area (Å²) in [6, 6.07) is 14.4. The van der Waals surface area contributed by atoms with Crippen LogP contribution in [-0.2, 0) is 19.6 Å². The average Bonchev–Trinajstić information content (AvgIpc) is 2.66. The minimum absolute atomic E-state index is 0.210. The van der Waals surface area contributed by atoms with Crippen LogP contribution in [0.3, 0.4) is 0 Å². The Hall–Kier alpha value is -3.07. The summed E-state index contributed by atoms with van der Waals surface area (Å²) in [5.41, 5.74) is 0.993. The minimum Gasteiger partial charge on any atom is -0.484 e. The van der Waals surface area contributed by atoms with Crippen LogP contribution in [0.2, 0.25) is 0 Å². The fraction of sp³-hybridized carbons (Fsp3) is 0.300. The molecule has 2 amide bonds. The molecule has 156 valence electrons. The van der Waals surface area contributed by atoms with E-state index in [0.717, 1.165) is 6.26 Å². The number of nitrogens with one attached hydrogen (secondary N) is 3. The zero-order chi connectivity index (χ0) is 21.4. The molecule has 29 heavy (non-hydrogen) atoms. The molecule has 0 unspecified atom stereocenters. The molecule has 0 bridgehead atoms. The van der Waals surface area contributed by atoms with Crippen molar-refractivity contribution < 1.29 is 22.7 Å². The highest BCUT2D eigenvalue weighted by Gasteiger charge is 2.20. The summed E-state index contributed by atoms with van der Waals surface area (Å²) >= 11 is 0. The Labute approximate surface area is 170 Å². The molecule has 0 radical (unpaired) electrons. The third kappa shape index (κ3) is 7.46. The van der Waals surface area contributed by atoms with E-state index in [1.54, 1.807) is 62.4 Å². The highest BCUT2D eigenvalue weighted by Crippen LogP contribution is 2.23. The second-order valence-electron chi connectivity index (χ2n) is 6.58. The highest BCUT2D eigenvalue weighted by molar-refractivity contribution is 7.92. The predicted octanol–water partition coefficient (Wildman–Crippen LogP) is 1.82. The quantitative estimate of drug-likeness (QED) is 0.574. The Morgan fingerprint density at radius 3 is 2.24 bits per heavy atom. The first-order valence-corrected chi connectivity index (χ1v) is 10.9. The summed E-state index contributed by atoms with van der Waals surface area (Å²) in [6.07, 6.45) is 1.06. The molecule has 9 heteroatoms. The van der Waals surface area contributed by atoms with E-state index in [0.29, 0.717) is 17.0 Å². The summed E-state index contributed by atoms with van der Waals surface area (Å²) in [4.78, 5) is 24.4. The summed E-state index contributed by atoms with van der Waals surface area (Å²) in [7, 11) is -3.46. The van der Waals surface area contributed by atoms with E-state index in [4.69, 9.17) is 4.74 Å². The van der Waals surface area contributed by atoms with Gasteiger partial charge < -0.3 is 15.4 Å². The van der Waals surface area contributed by atoms with Gasteiger partial charge in [-0.2, -0.15) is 0 Å². The van der Waals surface area contributed by atoms with Crippen molar-refractivity contribution in [3.8, 4) is 5.75 Å². The van der Waals surface area contributed by atoms with E-state index in [1.165, 1.54) is 0 Å². The molecule has 0 saturated heterocycles. The minimum atomic E-state index is -3.46. The van der Waals surface area contributed by atoms with Crippen LogP contribution in [0.4, 0.5) is 5.69 Å². The molecule has 0 spiro atoms. The van der Waals surface area contributed by atoms with Gasteiger partial charge in [0.1, 0.15) is 11.8 Å². The topological polar surface area (TPSA) is 114 Å². The molecule has 2 atom stereocenters. The van der Waals surface area contributed by atoms with E-state index < -0.39 is 33.9 Å². The van der Waals surface area contributed by atoms with Gasteiger partial charge in [0.05, 0.1) is 18.0 Å². The average molecular weight is 420 g/mol. The van der Waals surface area contributed by atoms with Crippen molar-refractivity contribution in [1.82, 2.24) is 10.6 Å². The number of benzene rings is 2. The Morgan fingerprint density at radius 1 is 0.966 bits per heavy atom. The molecule has 3 N–H and O–H groups in total. The van der Waals surface area contributed by atoms with Crippen LogP contribution in [0.5, 0.6) is 5.75 Å². The van der Waals surface area contributed by atoms with E-state index in [1.807, 2.05) is 6.07 Å². The Bertz CT molecular complexity index is 948. The summed E-state index contributed by atoms with van der Waals surface area (Å²) < 4.78 is 30.9. The van der Waals surface area contributed by atoms with Gasteiger partial charge in [-0.25, -0.2) is 8.42 Å². The van der Waals surface area contributed by atoms with Gasteiger partial charge in [0.15, 0.2) is 6.61 Å². The van der Waals surface area contributed by atoms with E-state index in [9.17, 15) is 18.0 Å². The Balaban J connectivity index is 1.91. The third-order valence-corrected chi connectivity index (χ3v) is 4.56. The van der Waals surface area contributed by atoms with Crippen molar-refractivity contribution in [3.63, 3.8) is 0 Å². The van der Waals surface area contributed by atoms with Crippen LogP contribution in [0.15, 0.2) is 54.6 Å². The van der Waals surface area contributed by atoms with Crippen molar-refractivity contribution >= 4 is 27.5 Å². The van der Waals surface area contributed by atoms with Gasteiger partial charge >= 0.3 is 0 Å². The number of hydrogen-bond acceptors (Lipinski definition) is 5. The lowest BCUT2D eigenvalue weighted by Crippen LogP contribution is -2.46. The summed E-state index contributed by atoms with van der Waals surface area (Å²) in [5.74, 6) is -0.272. The summed E-state index contributed by atoms with van der Waals surface area (Å²) in [6.45, 7) is 3.08. The number of amides is 2. The SMILES string of the molecule is C[C@H](NC(=O)COc1ccccc1)C(=O)N[C@@H](C)c1ccccc1NS(C)(=O)=O. The predicted molar refractivity (Wildman–Crippen MR) is 111 cm³/mol. The van der Waals surface area contributed by atoms with E-state index in [2.05, 4.69) is 15.4 Å². The van der Waals surface area contributed by atoms with Gasteiger partial charge in [0.25, 0.3) is 5.91 Å². The van der Waals surface area contributed by atoms with Crippen LogP contribution in [0, 0.1) is 0 Å². The molecular weight excluding hydrogens is 394 g/mol. The number of hydrogen-bond donors (Lipinski definition) is 3. The number of rotatable bonds is 9. The lowest BCUT2D eigenvalue weighted by Gasteiger charge is -2.21. The number of anilines is 1. The van der Waals surface area contributed by atoms with Gasteiger partial charge in [0.2, 0.25) is 15.9 Å². The number of ether oxygens (including phenoxy) is 1. The fourth-order valence-corrected chi connectivity index (χ4v) is 3.18. The molecule has 2 aromatic rings. The molecule has 0 aliphatic carbocycles. The molecule has 0 saturated carbocycles. The van der Waals surface area contributed by atoms with Crippen LogP contribution < -0.4 is 20.1 Å². The monoisotopic (exact) mass is 419 g/mol. The maximum absolute atomic E-state index is 12.4. The number of carbonyl (C=O) groups excluding carboxylic acids is 2. The zero-order valence-electron chi connectivity index (χ0n) is 16.5. The number of para-hydroxylation sites is 2. The van der Waals surface area contributed by atoms with Crippen molar-refractivity contribution in [3.05, 3.63) is 60.2 Å². The van der Waals surface area contributed by atoms with Gasteiger partial charge in [-0.3, -0.25) is 14.3 Å². The first-order chi connectivity index (χ1) is 13.7. The van der Waals surface area contributed by atoms with Gasteiger partial charge in [-0.05, 0) is 37.6 Å². The zero-order valence-corrected chi connectivity index (χ0v) is 17.3. The van der Waals surface area contributed by atoms with Gasteiger partial charge in [-0.1, -0.05) is 36.4 Å². The molecule has 0 heterocycles. The lowest BCUT2D eigenvalue weighted by molar-refractivity contribution is -0.129. The van der Waals surface area contributed by atoms with Crippen molar-refractivity contribution in [1.29, 1.82) is 0 Å². The smallest absolute Gasteiger partial charge is 0.258 e. The first-order valence-electron chi connectivity index (χ1n) is 9.00. The Kier molecular flexibility index (Phi) is 7.60. The van der Waals surface area contributed by atoms with Gasteiger partial charge in [-0.15, -0.1) is 0 Å². The van der Waals surface area contributed by atoms with Crippen molar-refractivity contribution in [2.45, 2.75) is 25.9 Å². The number of sulfonamides is 1. The Morgan fingerprint density at radius 2 is 1.59 bits per heavy atom. The molecule has 8 nitrogen and oxygen atoms in total. The van der Waals surface area contributed by atoms with E-state index >= 15 is 0 Å². The molecule has 2 aromatic carbocycles. The normalized spacial score (nSPS) is 13.1. The molecular formula is C20H25N3O5S. The largest absolute Gasteiger partial charge is 0.484 e. The van der Waals surface area contributed by atoms with Crippen LogP contribution in [0.25, 0.3) is 0 Å². The second-order valence-corrected chi connectivity index (χ2v) is 8.33. The lowest BCUT2D eigenvalue weighted by atomic mass is 10.1. The molecule has 2 rings (SSSR count). The maximum atomic E-state index is 12.4. The third-order valence-electron chi connectivity index (χ3n) is 3.97. The van der Waals surface area contributed by atoms with Crippen LogP contribution in [0.1, 0.15) is 25.5 Å². The molecule has 0 aromatic heterocycles. The van der Waals surface area contributed by atoms with Crippen molar-refractivity contribution in [2.75, 3.05) is 17.6 Å². The standard InChI is InChI=1S/C20H25N3O5S/c1-14(17-11-7-8-12-18(17)23-29(3,26)27)22-20(25)15(2)21-19(24)13-28-16-9-5-4-6-10-16/h4-12,14-15,23H,13H2,1-3H3,(H,21,24)(H,22,25)/t14-,15-/m0/s1. The summed E-state index contributed by atoms with van der Waals surface area (Å²) in [5, 5.41) is 5.34. The fourth-order valence-electron chi connectivity index (χ4n) is 2.60. The van der Waals surface area contributed by atoms with E-state index in [-0.39, 0.29) is 6.61 Å². The maximum Gasteiger partial charge on any atom is 0.258 e. The highest BCUT2D eigenvalue weighted by atomic mass is 32.2. The molecule has 0 aliphatic rings. The van der Waals surface area contributed by atoms with Crippen LogP contribution >= 0.6 is 0 Å².